The molecular weight excluding hydrogens is 413 g/mol. The highest BCUT2D eigenvalue weighted by Gasteiger charge is 2.27. The third-order valence-corrected chi connectivity index (χ3v) is 6.45. The monoisotopic (exact) mass is 443 g/mol. The minimum absolute atomic E-state index is 0.148. The molecule has 168 valence electrons. The maximum absolute atomic E-state index is 13.0. The fourth-order valence-electron chi connectivity index (χ4n) is 2.93. The van der Waals surface area contributed by atoms with Crippen molar-refractivity contribution in [3.8, 4) is 0 Å². The van der Waals surface area contributed by atoms with E-state index >= 15 is 0 Å². The Bertz CT molecular complexity index is 837. The van der Waals surface area contributed by atoms with Crippen molar-refractivity contribution in [2.45, 2.75) is 56.6 Å². The molecule has 30 heavy (non-hydrogen) atoms. The molecule has 0 aromatic heterocycles. The molecule has 2 rings (SSSR count). The number of sulfonamides is 1. The molecule has 1 atom stereocenters. The Morgan fingerprint density at radius 1 is 1.27 bits per heavy atom. The molecule has 0 spiro atoms. The van der Waals surface area contributed by atoms with Crippen LogP contribution in [0.15, 0.2) is 29.2 Å². The van der Waals surface area contributed by atoms with Crippen molar-refractivity contribution in [2.24, 2.45) is 0 Å². The molecule has 2 amide bonds. The summed E-state index contributed by atoms with van der Waals surface area (Å²) in [7, 11) is -3.99. The summed E-state index contributed by atoms with van der Waals surface area (Å²) in [5.74, 6) is -1.43. The number of carbonyl (C=O) groups excluding carboxylic acids is 2. The summed E-state index contributed by atoms with van der Waals surface area (Å²) in [5.41, 5.74) is -0.417. The first-order chi connectivity index (χ1) is 14.0. The molecule has 1 unspecified atom stereocenters. The largest absolute Gasteiger partial charge is 0.376 e. The fraction of sp³-hybridized carbons (Fsp3) is 0.600. The van der Waals surface area contributed by atoms with Crippen molar-refractivity contribution < 1.29 is 27.1 Å². The van der Waals surface area contributed by atoms with Crippen LogP contribution in [0.3, 0.4) is 0 Å². The lowest BCUT2D eigenvalue weighted by molar-refractivity contribution is -0.137. The first kappa shape index (κ1) is 24.2. The van der Waals surface area contributed by atoms with Gasteiger partial charge in [-0.3, -0.25) is 9.59 Å². The number of halogens is 1. The van der Waals surface area contributed by atoms with Gasteiger partial charge in [0.25, 0.3) is 0 Å². The first-order valence-corrected chi connectivity index (χ1v) is 11.5. The highest BCUT2D eigenvalue weighted by atomic mass is 32.2. The Morgan fingerprint density at radius 3 is 2.50 bits per heavy atom. The number of amides is 2. The van der Waals surface area contributed by atoms with E-state index in [-0.39, 0.29) is 30.0 Å². The summed E-state index contributed by atoms with van der Waals surface area (Å²) < 4.78 is 45.5. The smallest absolute Gasteiger partial charge is 0.241 e. The van der Waals surface area contributed by atoms with Crippen LogP contribution in [-0.2, 0) is 24.3 Å². The topological polar surface area (TPSA) is 105 Å². The molecule has 1 saturated heterocycles. The van der Waals surface area contributed by atoms with E-state index in [9.17, 15) is 22.4 Å². The van der Waals surface area contributed by atoms with Crippen molar-refractivity contribution >= 4 is 21.8 Å². The lowest BCUT2D eigenvalue weighted by atomic mass is 10.0. The van der Waals surface area contributed by atoms with Crippen LogP contribution in [0.4, 0.5) is 4.39 Å². The average Bonchev–Trinajstić information content (AvgIpc) is 3.18. The number of rotatable bonds is 10. The lowest BCUT2D eigenvalue weighted by Crippen LogP contribution is -2.51. The molecule has 1 heterocycles. The van der Waals surface area contributed by atoms with Gasteiger partial charge < -0.3 is 15.0 Å². The van der Waals surface area contributed by atoms with Gasteiger partial charge in [-0.25, -0.2) is 17.5 Å². The zero-order valence-corrected chi connectivity index (χ0v) is 18.4. The number of hydrogen-bond acceptors (Lipinski definition) is 5. The number of nitrogens with one attached hydrogen (secondary N) is 2. The van der Waals surface area contributed by atoms with E-state index in [0.717, 1.165) is 43.5 Å². The Kier molecular flexibility index (Phi) is 8.34. The molecular formula is C20H30FN3O5S. The van der Waals surface area contributed by atoms with Crippen LogP contribution in [0, 0.1) is 5.82 Å². The van der Waals surface area contributed by atoms with Crippen molar-refractivity contribution in [3.05, 3.63) is 30.1 Å². The summed E-state index contributed by atoms with van der Waals surface area (Å²) in [6, 6.07) is 4.29. The van der Waals surface area contributed by atoms with Gasteiger partial charge in [-0.05, 0) is 57.4 Å². The van der Waals surface area contributed by atoms with Crippen LogP contribution in [0.25, 0.3) is 0 Å². The first-order valence-electron chi connectivity index (χ1n) is 9.98. The summed E-state index contributed by atoms with van der Waals surface area (Å²) in [6.45, 7) is 5.80. The zero-order valence-electron chi connectivity index (χ0n) is 17.6. The number of nitrogens with zero attached hydrogens (tertiary/aromatic N) is 1. The number of ether oxygens (including phenoxy) is 1. The van der Waals surface area contributed by atoms with Crippen molar-refractivity contribution in [2.75, 3.05) is 26.2 Å². The van der Waals surface area contributed by atoms with E-state index < -0.39 is 33.8 Å². The Labute approximate surface area is 177 Å². The zero-order chi connectivity index (χ0) is 22.4. The van der Waals surface area contributed by atoms with Gasteiger partial charge in [-0.15, -0.1) is 0 Å². The maximum atomic E-state index is 13.0. The highest BCUT2D eigenvalue weighted by Crippen LogP contribution is 2.14. The molecule has 0 aliphatic carbocycles. The van der Waals surface area contributed by atoms with E-state index in [0.29, 0.717) is 6.61 Å². The molecule has 1 fully saturated rings. The van der Waals surface area contributed by atoms with E-state index in [1.807, 2.05) is 20.8 Å². The molecule has 10 heteroatoms. The van der Waals surface area contributed by atoms with Crippen LogP contribution < -0.4 is 10.0 Å². The predicted octanol–water partition coefficient (Wildman–Crippen LogP) is 1.42. The summed E-state index contributed by atoms with van der Waals surface area (Å²) in [5, 5.41) is 2.87. The summed E-state index contributed by atoms with van der Waals surface area (Å²) in [6.07, 6.45) is 2.18. The SMILES string of the molecule is CCC(C)(C)NC(=O)CN(CC1CCCO1)C(=O)CNS(=O)(=O)c1ccc(F)cc1. The van der Waals surface area contributed by atoms with Crippen LogP contribution >= 0.6 is 0 Å². The number of benzene rings is 1. The molecule has 1 aromatic rings. The second kappa shape index (κ2) is 10.3. The van der Waals surface area contributed by atoms with Gasteiger partial charge in [0.15, 0.2) is 0 Å². The third-order valence-electron chi connectivity index (χ3n) is 5.03. The van der Waals surface area contributed by atoms with E-state index in [1.54, 1.807) is 0 Å². The lowest BCUT2D eigenvalue weighted by Gasteiger charge is -2.29. The minimum Gasteiger partial charge on any atom is -0.376 e. The molecule has 2 N–H and O–H groups in total. The van der Waals surface area contributed by atoms with Crippen molar-refractivity contribution in [1.82, 2.24) is 14.9 Å². The van der Waals surface area contributed by atoms with Crippen LogP contribution in [-0.4, -0.2) is 63.0 Å². The molecule has 8 nitrogen and oxygen atoms in total. The van der Waals surface area contributed by atoms with Gasteiger partial charge in [0.1, 0.15) is 5.82 Å². The Morgan fingerprint density at radius 2 is 1.93 bits per heavy atom. The van der Waals surface area contributed by atoms with Gasteiger partial charge >= 0.3 is 0 Å². The molecule has 1 aliphatic heterocycles. The van der Waals surface area contributed by atoms with Crippen molar-refractivity contribution in [1.29, 1.82) is 0 Å². The second-order valence-electron chi connectivity index (χ2n) is 7.97. The summed E-state index contributed by atoms with van der Waals surface area (Å²) in [4.78, 5) is 26.3. The average molecular weight is 444 g/mol. The van der Waals surface area contributed by atoms with Gasteiger partial charge in [-0.1, -0.05) is 6.92 Å². The van der Waals surface area contributed by atoms with E-state index in [1.165, 1.54) is 4.90 Å². The van der Waals surface area contributed by atoms with E-state index in [2.05, 4.69) is 10.0 Å². The Balaban J connectivity index is 2.03. The van der Waals surface area contributed by atoms with Crippen molar-refractivity contribution in [3.63, 3.8) is 0 Å². The Hall–Kier alpha value is -2.04. The van der Waals surface area contributed by atoms with E-state index in [4.69, 9.17) is 4.74 Å². The van der Waals surface area contributed by atoms with Gasteiger partial charge in [-0.2, -0.15) is 0 Å². The van der Waals surface area contributed by atoms with Crippen LogP contribution in [0.5, 0.6) is 0 Å². The number of hydrogen-bond donors (Lipinski definition) is 2. The molecule has 0 saturated carbocycles. The molecule has 0 bridgehead atoms. The summed E-state index contributed by atoms with van der Waals surface area (Å²) >= 11 is 0. The molecule has 1 aliphatic rings. The standard InChI is InChI=1S/C20H30FN3O5S/c1-4-20(2,3)23-18(25)14-24(13-16-6-5-11-29-16)19(26)12-22-30(27,28)17-9-7-15(21)8-10-17/h7-10,16,22H,4-6,11-14H2,1-3H3,(H,23,25). The molecule has 0 radical (unpaired) electrons. The second-order valence-corrected chi connectivity index (χ2v) is 9.74. The van der Waals surface area contributed by atoms with Crippen LogP contribution in [0.1, 0.15) is 40.0 Å². The predicted molar refractivity (Wildman–Crippen MR) is 110 cm³/mol. The quantitative estimate of drug-likeness (QED) is 0.569. The third kappa shape index (κ3) is 7.33. The molecule has 1 aromatic carbocycles. The van der Waals surface area contributed by atoms with Gasteiger partial charge in [0.2, 0.25) is 21.8 Å². The van der Waals surface area contributed by atoms with Gasteiger partial charge in [0.05, 0.1) is 24.1 Å². The fourth-order valence-corrected chi connectivity index (χ4v) is 3.91. The normalized spacial score (nSPS) is 17.0. The highest BCUT2D eigenvalue weighted by molar-refractivity contribution is 7.89. The minimum atomic E-state index is -3.99. The van der Waals surface area contributed by atoms with Gasteiger partial charge in [0, 0.05) is 18.7 Å². The van der Waals surface area contributed by atoms with Crippen LogP contribution in [0.2, 0.25) is 0 Å². The maximum Gasteiger partial charge on any atom is 0.241 e. The number of carbonyl (C=O) groups is 2.